The molecule has 0 spiro atoms. The van der Waals surface area contributed by atoms with Crippen LogP contribution in [0.4, 0.5) is 0 Å². The molecule has 0 aromatic heterocycles. The minimum atomic E-state index is 0.753. The van der Waals surface area contributed by atoms with Crippen molar-refractivity contribution in [3.05, 3.63) is 59.2 Å². The minimum Gasteiger partial charge on any atom is -0.0844 e. The van der Waals surface area contributed by atoms with Gasteiger partial charge in [0.05, 0.1) is 0 Å². The second kappa shape index (κ2) is 4.48. The molecule has 0 saturated heterocycles. The van der Waals surface area contributed by atoms with Crippen molar-refractivity contribution in [1.29, 1.82) is 0 Å². The fourth-order valence-electron chi connectivity index (χ4n) is 2.14. The van der Waals surface area contributed by atoms with Crippen molar-refractivity contribution >= 4 is 0 Å². The van der Waals surface area contributed by atoms with Crippen LogP contribution in [0.25, 0.3) is 0 Å². The topological polar surface area (TPSA) is 0 Å². The van der Waals surface area contributed by atoms with E-state index in [-0.39, 0.29) is 0 Å². The van der Waals surface area contributed by atoms with Gasteiger partial charge in [-0.1, -0.05) is 48.1 Å². The van der Waals surface area contributed by atoms with Crippen LogP contribution in [0.3, 0.4) is 0 Å². The van der Waals surface area contributed by atoms with Crippen molar-refractivity contribution in [2.45, 2.75) is 26.7 Å². The van der Waals surface area contributed by atoms with Crippen molar-refractivity contribution in [1.82, 2.24) is 0 Å². The molecule has 0 radical (unpaired) electrons. The maximum absolute atomic E-state index is 2.36. The third-order valence-corrected chi connectivity index (χ3v) is 3.28. The molecule has 78 valence electrons. The monoisotopic (exact) mass is 198 g/mol. The van der Waals surface area contributed by atoms with Crippen LogP contribution >= 0.6 is 0 Å². The summed E-state index contributed by atoms with van der Waals surface area (Å²) in [5.74, 6) is 0.753. The Morgan fingerprint density at radius 3 is 2.60 bits per heavy atom. The van der Waals surface area contributed by atoms with Crippen LogP contribution in [-0.2, 0) is 6.42 Å². The highest BCUT2D eigenvalue weighted by molar-refractivity contribution is 5.38. The molecule has 15 heavy (non-hydrogen) atoms. The number of hydrogen-bond acceptors (Lipinski definition) is 0. The highest BCUT2D eigenvalue weighted by Gasteiger charge is 2.21. The van der Waals surface area contributed by atoms with Crippen LogP contribution in [0.2, 0.25) is 0 Å². The zero-order chi connectivity index (χ0) is 10.7. The molecular formula is C15H18. The van der Waals surface area contributed by atoms with Crippen molar-refractivity contribution in [3.63, 3.8) is 0 Å². The Bertz CT molecular complexity index is 382. The molecule has 2 rings (SSSR count). The van der Waals surface area contributed by atoms with Gasteiger partial charge in [-0.2, -0.15) is 0 Å². The molecule has 1 aliphatic rings. The number of rotatable bonds is 3. The lowest BCUT2D eigenvalue weighted by molar-refractivity contribution is 0.567. The summed E-state index contributed by atoms with van der Waals surface area (Å²) in [5, 5.41) is 0. The Kier molecular flexibility index (Phi) is 3.05. The number of benzene rings is 1. The molecule has 1 atom stereocenters. The van der Waals surface area contributed by atoms with E-state index in [0.29, 0.717) is 0 Å². The average Bonchev–Trinajstić information content (AvgIpc) is 2.25. The molecule has 0 heterocycles. The number of allylic oxidation sites excluding steroid dienone is 4. The highest BCUT2D eigenvalue weighted by atomic mass is 14.3. The van der Waals surface area contributed by atoms with E-state index in [1.54, 1.807) is 5.57 Å². The SMILES string of the molecule is CC=C(C)C1=CCC1Cc1ccccc1. The second-order valence-electron chi connectivity index (χ2n) is 4.25. The van der Waals surface area contributed by atoms with Crippen LogP contribution in [0.5, 0.6) is 0 Å². The molecule has 0 amide bonds. The highest BCUT2D eigenvalue weighted by Crippen LogP contribution is 2.35. The summed E-state index contributed by atoms with van der Waals surface area (Å²) in [7, 11) is 0. The molecule has 0 aliphatic heterocycles. The summed E-state index contributed by atoms with van der Waals surface area (Å²) in [6, 6.07) is 10.8. The van der Waals surface area contributed by atoms with E-state index < -0.39 is 0 Å². The molecule has 1 aliphatic carbocycles. The molecule has 0 heteroatoms. The van der Waals surface area contributed by atoms with Gasteiger partial charge in [-0.05, 0) is 43.7 Å². The van der Waals surface area contributed by atoms with Crippen LogP contribution in [-0.4, -0.2) is 0 Å². The normalized spacial score (nSPS) is 20.8. The van der Waals surface area contributed by atoms with Crippen molar-refractivity contribution in [3.8, 4) is 0 Å². The van der Waals surface area contributed by atoms with Gasteiger partial charge in [0.25, 0.3) is 0 Å². The Labute approximate surface area is 92.3 Å². The third-order valence-electron chi connectivity index (χ3n) is 3.28. The quantitative estimate of drug-likeness (QED) is 0.684. The van der Waals surface area contributed by atoms with E-state index in [2.05, 4.69) is 56.3 Å². The summed E-state index contributed by atoms with van der Waals surface area (Å²) >= 11 is 0. The Hall–Kier alpha value is -1.30. The summed E-state index contributed by atoms with van der Waals surface area (Å²) in [5.41, 5.74) is 4.46. The van der Waals surface area contributed by atoms with Crippen LogP contribution in [0.15, 0.2) is 53.6 Å². The molecule has 0 fully saturated rings. The molecule has 0 nitrogen and oxygen atoms in total. The largest absolute Gasteiger partial charge is 0.0844 e. The fraction of sp³-hybridized carbons (Fsp3) is 0.333. The van der Waals surface area contributed by atoms with Gasteiger partial charge in [0.15, 0.2) is 0 Å². The van der Waals surface area contributed by atoms with Gasteiger partial charge >= 0.3 is 0 Å². The first kappa shape index (κ1) is 10.2. The van der Waals surface area contributed by atoms with E-state index in [1.165, 1.54) is 24.0 Å². The Balaban J connectivity index is 2.02. The second-order valence-corrected chi connectivity index (χ2v) is 4.25. The molecule has 1 aromatic carbocycles. The smallest absolute Gasteiger partial charge is 0.00874 e. The van der Waals surface area contributed by atoms with Crippen molar-refractivity contribution in [2.24, 2.45) is 5.92 Å². The lowest BCUT2D eigenvalue weighted by Crippen LogP contribution is -2.16. The maximum Gasteiger partial charge on any atom is -0.00874 e. The predicted molar refractivity (Wildman–Crippen MR) is 65.8 cm³/mol. The summed E-state index contributed by atoms with van der Waals surface area (Å²) in [6.45, 7) is 4.33. The maximum atomic E-state index is 2.36. The van der Waals surface area contributed by atoms with Gasteiger partial charge in [0, 0.05) is 0 Å². The average molecular weight is 198 g/mol. The summed E-state index contributed by atoms with van der Waals surface area (Å²) < 4.78 is 0. The minimum absolute atomic E-state index is 0.753. The Morgan fingerprint density at radius 1 is 1.33 bits per heavy atom. The molecular weight excluding hydrogens is 180 g/mol. The lowest BCUT2D eigenvalue weighted by Gasteiger charge is -2.28. The van der Waals surface area contributed by atoms with Gasteiger partial charge in [-0.3, -0.25) is 0 Å². The van der Waals surface area contributed by atoms with Gasteiger partial charge in [-0.15, -0.1) is 0 Å². The fourth-order valence-corrected chi connectivity index (χ4v) is 2.14. The van der Waals surface area contributed by atoms with Gasteiger partial charge in [0.2, 0.25) is 0 Å². The third kappa shape index (κ3) is 2.20. The standard InChI is InChI=1S/C15H18/c1-3-12(2)15-10-9-14(15)11-13-7-5-4-6-8-13/h3-8,10,14H,9,11H2,1-2H3. The van der Waals surface area contributed by atoms with Crippen molar-refractivity contribution < 1.29 is 0 Å². The van der Waals surface area contributed by atoms with E-state index in [9.17, 15) is 0 Å². The zero-order valence-corrected chi connectivity index (χ0v) is 9.53. The van der Waals surface area contributed by atoms with Gasteiger partial charge in [-0.25, -0.2) is 0 Å². The van der Waals surface area contributed by atoms with Crippen LogP contribution in [0, 0.1) is 5.92 Å². The van der Waals surface area contributed by atoms with E-state index >= 15 is 0 Å². The summed E-state index contributed by atoms with van der Waals surface area (Å²) in [6.07, 6.45) is 7.01. The molecule has 0 N–H and O–H groups in total. The molecule has 1 aromatic rings. The van der Waals surface area contributed by atoms with E-state index in [1.807, 2.05) is 0 Å². The Morgan fingerprint density at radius 2 is 2.07 bits per heavy atom. The zero-order valence-electron chi connectivity index (χ0n) is 9.53. The molecule has 0 bridgehead atoms. The summed E-state index contributed by atoms with van der Waals surface area (Å²) in [4.78, 5) is 0. The first-order valence-electron chi connectivity index (χ1n) is 5.68. The van der Waals surface area contributed by atoms with Gasteiger partial charge in [0.1, 0.15) is 0 Å². The lowest BCUT2D eigenvalue weighted by atomic mass is 9.77. The van der Waals surface area contributed by atoms with Crippen molar-refractivity contribution in [2.75, 3.05) is 0 Å². The molecule has 0 saturated carbocycles. The first-order chi connectivity index (χ1) is 7.31. The number of hydrogen-bond donors (Lipinski definition) is 0. The van der Waals surface area contributed by atoms with Crippen LogP contribution in [0.1, 0.15) is 25.8 Å². The van der Waals surface area contributed by atoms with Crippen LogP contribution < -0.4 is 0 Å². The predicted octanol–water partition coefficient (Wildman–Crippen LogP) is 4.14. The molecule has 1 unspecified atom stereocenters. The van der Waals surface area contributed by atoms with E-state index in [4.69, 9.17) is 0 Å². The van der Waals surface area contributed by atoms with E-state index in [0.717, 1.165) is 5.92 Å². The van der Waals surface area contributed by atoms with Gasteiger partial charge < -0.3 is 0 Å². The first-order valence-corrected chi connectivity index (χ1v) is 5.68.